The molecule has 0 fully saturated rings. The fourth-order valence-corrected chi connectivity index (χ4v) is 2.17. The van der Waals surface area contributed by atoms with Crippen LogP contribution in [-0.2, 0) is 6.18 Å². The highest BCUT2D eigenvalue weighted by Crippen LogP contribution is 2.30. The molecule has 0 aliphatic carbocycles. The molecule has 0 aliphatic rings. The predicted molar refractivity (Wildman–Crippen MR) is 92.8 cm³/mol. The molecule has 0 spiro atoms. The van der Waals surface area contributed by atoms with E-state index >= 15 is 0 Å². The number of rotatable bonds is 5. The highest BCUT2D eigenvalue weighted by Gasteiger charge is 2.30. The molecule has 6 nitrogen and oxygen atoms in total. The van der Waals surface area contributed by atoms with Gasteiger partial charge in [-0.2, -0.15) is 18.3 Å². The van der Waals surface area contributed by atoms with Crippen LogP contribution in [0.3, 0.4) is 0 Å². The topological polar surface area (TPSA) is 90.0 Å². The minimum absolute atomic E-state index is 0. The van der Waals surface area contributed by atoms with Crippen molar-refractivity contribution in [3.8, 4) is 5.69 Å². The second-order valence-corrected chi connectivity index (χ2v) is 5.36. The van der Waals surface area contributed by atoms with Crippen molar-refractivity contribution in [3.05, 3.63) is 57.5 Å². The third kappa shape index (κ3) is 5.06. The summed E-state index contributed by atoms with van der Waals surface area (Å²) < 4.78 is 39.8. The van der Waals surface area contributed by atoms with Crippen molar-refractivity contribution in [3.63, 3.8) is 0 Å². The monoisotopic (exact) mass is 390 g/mol. The highest BCUT2D eigenvalue weighted by molar-refractivity contribution is 5.92. The predicted octanol–water partition coefficient (Wildman–Crippen LogP) is 2.06. The van der Waals surface area contributed by atoms with Crippen LogP contribution in [0.2, 0.25) is 0 Å². The number of nitrogens with one attached hydrogen (secondary N) is 1. The summed E-state index contributed by atoms with van der Waals surface area (Å²) in [4.78, 5) is 24.0. The molecule has 2 rings (SSSR count). The summed E-state index contributed by atoms with van der Waals surface area (Å²) in [5.74, 6) is -0.695. The molecule has 0 aliphatic heterocycles. The van der Waals surface area contributed by atoms with E-state index in [4.69, 9.17) is 5.73 Å². The lowest BCUT2D eigenvalue weighted by molar-refractivity contribution is -0.137. The summed E-state index contributed by atoms with van der Waals surface area (Å²) >= 11 is 0. The Morgan fingerprint density at radius 1 is 1.31 bits per heavy atom. The third-order valence-corrected chi connectivity index (χ3v) is 3.41. The van der Waals surface area contributed by atoms with E-state index in [2.05, 4.69) is 10.4 Å². The van der Waals surface area contributed by atoms with Gasteiger partial charge in [-0.1, -0.05) is 6.07 Å². The summed E-state index contributed by atoms with van der Waals surface area (Å²) in [6.07, 6.45) is -3.98. The fourth-order valence-electron chi connectivity index (χ4n) is 2.17. The van der Waals surface area contributed by atoms with Gasteiger partial charge in [-0.3, -0.25) is 9.59 Å². The number of nitrogens with zero attached hydrogens (tertiary/aromatic N) is 2. The van der Waals surface area contributed by atoms with Crippen LogP contribution < -0.4 is 16.5 Å². The van der Waals surface area contributed by atoms with E-state index in [-0.39, 0.29) is 30.3 Å². The zero-order valence-corrected chi connectivity index (χ0v) is 14.7. The molecule has 0 saturated heterocycles. The maximum absolute atomic E-state index is 12.9. The molecule has 0 radical (unpaired) electrons. The molecule has 0 saturated carbocycles. The molecule has 1 aromatic heterocycles. The highest BCUT2D eigenvalue weighted by atomic mass is 35.5. The number of aromatic nitrogens is 2. The van der Waals surface area contributed by atoms with Gasteiger partial charge in [0.25, 0.3) is 5.91 Å². The molecule has 0 bridgehead atoms. The standard InChI is InChI=1S/C16H17F3N4O2.ClH/c1-10-8-13(24)14(15(25)21-7-3-6-20)22-23(10)12-5-2-4-11(9-12)16(17,18)19;/h2,4-5,8-9H,3,6-7,20H2,1H3,(H,21,25);1H. The van der Waals surface area contributed by atoms with Gasteiger partial charge in [-0.15, -0.1) is 12.4 Å². The van der Waals surface area contributed by atoms with E-state index in [1.165, 1.54) is 19.1 Å². The van der Waals surface area contributed by atoms with Crippen LogP contribution in [0.1, 0.15) is 28.2 Å². The van der Waals surface area contributed by atoms with E-state index < -0.39 is 23.1 Å². The summed E-state index contributed by atoms with van der Waals surface area (Å²) in [6, 6.07) is 5.64. The number of benzene rings is 1. The first-order chi connectivity index (χ1) is 11.7. The minimum Gasteiger partial charge on any atom is -0.350 e. The summed E-state index contributed by atoms with van der Waals surface area (Å²) in [7, 11) is 0. The molecule has 0 atom stereocenters. The molecule has 2 aromatic rings. The van der Waals surface area contributed by atoms with Gasteiger partial charge in [-0.25, -0.2) is 4.68 Å². The molecule has 3 N–H and O–H groups in total. The number of aryl methyl sites for hydroxylation is 1. The number of hydrogen-bond acceptors (Lipinski definition) is 4. The summed E-state index contributed by atoms with van der Waals surface area (Å²) in [5, 5.41) is 6.44. The lowest BCUT2D eigenvalue weighted by Gasteiger charge is -2.13. The van der Waals surface area contributed by atoms with Crippen molar-refractivity contribution in [2.45, 2.75) is 19.5 Å². The zero-order valence-electron chi connectivity index (χ0n) is 13.8. The fraction of sp³-hybridized carbons (Fsp3) is 0.312. The van der Waals surface area contributed by atoms with Gasteiger partial charge in [0.2, 0.25) is 5.43 Å². The molecule has 142 valence electrons. The van der Waals surface area contributed by atoms with E-state index in [1.54, 1.807) is 0 Å². The Hall–Kier alpha value is -2.39. The number of carbonyl (C=O) groups is 1. The molecule has 1 heterocycles. The Balaban J connectivity index is 0.00000338. The Kier molecular flexibility index (Phi) is 7.34. The Labute approximate surface area is 153 Å². The van der Waals surface area contributed by atoms with Crippen LogP contribution in [0.25, 0.3) is 5.69 Å². The second kappa shape index (κ2) is 8.81. The molecular weight excluding hydrogens is 373 g/mol. The SMILES string of the molecule is Cc1cc(=O)c(C(=O)NCCCN)nn1-c1cccc(C(F)(F)F)c1.Cl. The van der Waals surface area contributed by atoms with Gasteiger partial charge in [-0.05, 0) is 38.1 Å². The van der Waals surface area contributed by atoms with Crippen LogP contribution in [0.5, 0.6) is 0 Å². The van der Waals surface area contributed by atoms with Crippen LogP contribution in [0.4, 0.5) is 13.2 Å². The first kappa shape index (κ1) is 21.7. The van der Waals surface area contributed by atoms with Crippen molar-refractivity contribution >= 4 is 18.3 Å². The van der Waals surface area contributed by atoms with E-state index in [1.807, 2.05) is 0 Å². The Morgan fingerprint density at radius 3 is 2.62 bits per heavy atom. The zero-order chi connectivity index (χ0) is 18.6. The van der Waals surface area contributed by atoms with Crippen molar-refractivity contribution in [2.75, 3.05) is 13.1 Å². The lowest BCUT2D eigenvalue weighted by Crippen LogP contribution is -2.33. The molecule has 0 unspecified atom stereocenters. The average Bonchev–Trinajstić information content (AvgIpc) is 2.54. The maximum atomic E-state index is 12.9. The largest absolute Gasteiger partial charge is 0.416 e. The van der Waals surface area contributed by atoms with Gasteiger partial charge in [0.1, 0.15) is 0 Å². The Morgan fingerprint density at radius 2 is 2.00 bits per heavy atom. The van der Waals surface area contributed by atoms with E-state index in [9.17, 15) is 22.8 Å². The molecule has 1 amide bonds. The van der Waals surface area contributed by atoms with Crippen molar-refractivity contribution in [1.82, 2.24) is 15.1 Å². The maximum Gasteiger partial charge on any atom is 0.416 e. The molecule has 26 heavy (non-hydrogen) atoms. The first-order valence-electron chi connectivity index (χ1n) is 7.51. The number of amides is 1. The minimum atomic E-state index is -4.51. The van der Waals surface area contributed by atoms with Crippen LogP contribution in [0, 0.1) is 6.92 Å². The number of nitrogens with two attached hydrogens (primary N) is 1. The number of alkyl halides is 3. The smallest absolute Gasteiger partial charge is 0.350 e. The quantitative estimate of drug-likeness (QED) is 0.765. The van der Waals surface area contributed by atoms with Gasteiger partial charge >= 0.3 is 6.18 Å². The van der Waals surface area contributed by atoms with Gasteiger partial charge in [0.15, 0.2) is 5.69 Å². The van der Waals surface area contributed by atoms with Crippen molar-refractivity contribution in [2.24, 2.45) is 5.73 Å². The first-order valence-corrected chi connectivity index (χ1v) is 7.51. The second-order valence-electron chi connectivity index (χ2n) is 5.36. The van der Waals surface area contributed by atoms with Gasteiger partial charge in [0, 0.05) is 18.3 Å². The molecule has 10 heteroatoms. The average molecular weight is 391 g/mol. The van der Waals surface area contributed by atoms with Crippen LogP contribution in [0.15, 0.2) is 35.1 Å². The number of carbonyl (C=O) groups excluding carboxylic acids is 1. The third-order valence-electron chi connectivity index (χ3n) is 3.41. The van der Waals surface area contributed by atoms with Gasteiger partial charge in [0.05, 0.1) is 11.3 Å². The molecule has 1 aromatic carbocycles. The van der Waals surface area contributed by atoms with Crippen molar-refractivity contribution < 1.29 is 18.0 Å². The van der Waals surface area contributed by atoms with E-state index in [0.717, 1.165) is 22.9 Å². The lowest BCUT2D eigenvalue weighted by atomic mass is 10.2. The number of halogens is 4. The number of hydrogen-bond donors (Lipinski definition) is 2. The van der Waals surface area contributed by atoms with Crippen LogP contribution >= 0.6 is 12.4 Å². The summed E-state index contributed by atoms with van der Waals surface area (Å²) in [6.45, 7) is 2.16. The normalized spacial score (nSPS) is 11.0. The van der Waals surface area contributed by atoms with Crippen LogP contribution in [-0.4, -0.2) is 28.8 Å². The Bertz CT molecular complexity index is 837. The summed E-state index contributed by atoms with van der Waals surface area (Å²) in [5.41, 5.74) is 3.89. The van der Waals surface area contributed by atoms with Gasteiger partial charge < -0.3 is 11.1 Å². The van der Waals surface area contributed by atoms with E-state index in [0.29, 0.717) is 18.7 Å². The molecular formula is C16H18ClF3N4O2. The van der Waals surface area contributed by atoms with Crippen molar-refractivity contribution in [1.29, 1.82) is 0 Å².